The topological polar surface area (TPSA) is 42.9 Å². The molecule has 1 aromatic rings. The molecule has 158 valence electrons. The lowest BCUT2D eigenvalue weighted by atomic mass is 10.1. The molecule has 0 aliphatic carbocycles. The number of guanidine groups is 1. The van der Waals surface area contributed by atoms with Gasteiger partial charge in [0.05, 0.1) is 6.04 Å². The van der Waals surface area contributed by atoms with Crippen molar-refractivity contribution >= 4 is 11.6 Å². The molecule has 0 saturated carbocycles. The molecule has 5 heteroatoms. The van der Waals surface area contributed by atoms with Crippen molar-refractivity contribution in [3.63, 3.8) is 0 Å². The van der Waals surface area contributed by atoms with Crippen LogP contribution in [0.1, 0.15) is 63.5 Å². The van der Waals surface area contributed by atoms with Crippen molar-refractivity contribution in [1.82, 2.24) is 15.5 Å². The Labute approximate surface area is 172 Å². The van der Waals surface area contributed by atoms with Gasteiger partial charge in [0.15, 0.2) is 5.96 Å². The Morgan fingerprint density at radius 3 is 2.54 bits per heavy atom. The highest BCUT2D eigenvalue weighted by atomic mass is 15.2. The molecule has 1 aliphatic heterocycles. The molecule has 1 heterocycles. The first-order valence-corrected chi connectivity index (χ1v) is 11.1. The van der Waals surface area contributed by atoms with Gasteiger partial charge in [0.1, 0.15) is 0 Å². The quantitative estimate of drug-likeness (QED) is 0.342. The van der Waals surface area contributed by atoms with Gasteiger partial charge in [0, 0.05) is 32.4 Å². The molecule has 0 spiro atoms. The van der Waals surface area contributed by atoms with Crippen LogP contribution in [0.5, 0.6) is 0 Å². The number of rotatable bonds is 11. The van der Waals surface area contributed by atoms with Crippen LogP contribution in [-0.2, 0) is 0 Å². The number of hydrogen-bond acceptors (Lipinski definition) is 3. The van der Waals surface area contributed by atoms with Gasteiger partial charge in [-0.05, 0) is 70.9 Å². The van der Waals surface area contributed by atoms with E-state index in [0.29, 0.717) is 0 Å². The molecule has 0 radical (unpaired) electrons. The summed E-state index contributed by atoms with van der Waals surface area (Å²) in [5.74, 6) is 0.895. The van der Waals surface area contributed by atoms with Gasteiger partial charge < -0.3 is 20.4 Å². The van der Waals surface area contributed by atoms with Gasteiger partial charge in [0.2, 0.25) is 0 Å². The van der Waals surface area contributed by atoms with Crippen LogP contribution < -0.4 is 15.5 Å². The lowest BCUT2D eigenvalue weighted by molar-refractivity contribution is 0.389. The maximum absolute atomic E-state index is 4.40. The Balaban J connectivity index is 1.68. The van der Waals surface area contributed by atoms with Gasteiger partial charge >= 0.3 is 0 Å². The molecule has 5 nitrogen and oxygen atoms in total. The standard InChI is InChI=1S/C23H41N5/c1-20(21-13-12-14-22(19-21)28-17-10-11-18-28)26-23(24-2)25-15-8-6-5-7-9-16-27(3)4/h12-14,19-20H,5-11,15-18H2,1-4H3,(H2,24,25,26). The van der Waals surface area contributed by atoms with Crippen molar-refractivity contribution in [3.8, 4) is 0 Å². The summed E-state index contributed by atoms with van der Waals surface area (Å²) in [4.78, 5) is 9.15. The average molecular weight is 388 g/mol. The van der Waals surface area contributed by atoms with Crippen molar-refractivity contribution in [2.45, 2.75) is 57.9 Å². The van der Waals surface area contributed by atoms with Crippen LogP contribution in [0.15, 0.2) is 29.3 Å². The van der Waals surface area contributed by atoms with E-state index in [9.17, 15) is 0 Å². The number of unbranched alkanes of at least 4 members (excludes halogenated alkanes) is 4. The molecule has 2 rings (SSSR count). The Hall–Kier alpha value is -1.75. The molecule has 0 aromatic heterocycles. The van der Waals surface area contributed by atoms with E-state index < -0.39 is 0 Å². The summed E-state index contributed by atoms with van der Waals surface area (Å²) < 4.78 is 0. The van der Waals surface area contributed by atoms with E-state index >= 15 is 0 Å². The lowest BCUT2D eigenvalue weighted by Crippen LogP contribution is -2.39. The first-order valence-electron chi connectivity index (χ1n) is 11.1. The smallest absolute Gasteiger partial charge is 0.191 e. The minimum Gasteiger partial charge on any atom is -0.372 e. The summed E-state index contributed by atoms with van der Waals surface area (Å²) in [6.07, 6.45) is 9.05. The number of anilines is 1. The zero-order chi connectivity index (χ0) is 20.2. The molecule has 0 bridgehead atoms. The third-order valence-corrected chi connectivity index (χ3v) is 5.49. The summed E-state index contributed by atoms with van der Waals surface area (Å²) in [6.45, 7) is 6.76. The lowest BCUT2D eigenvalue weighted by Gasteiger charge is -2.22. The van der Waals surface area contributed by atoms with Crippen molar-refractivity contribution in [3.05, 3.63) is 29.8 Å². The van der Waals surface area contributed by atoms with Gasteiger partial charge in [-0.1, -0.05) is 31.4 Å². The second-order valence-electron chi connectivity index (χ2n) is 8.23. The predicted octanol–water partition coefficient (Wildman–Crippen LogP) is 4.02. The second-order valence-corrected chi connectivity index (χ2v) is 8.23. The van der Waals surface area contributed by atoms with Crippen LogP contribution in [0.25, 0.3) is 0 Å². The van der Waals surface area contributed by atoms with Gasteiger partial charge in [-0.2, -0.15) is 0 Å². The molecular formula is C23H41N5. The zero-order valence-electron chi connectivity index (χ0n) is 18.5. The van der Waals surface area contributed by atoms with E-state index in [1.165, 1.54) is 75.8 Å². The Morgan fingerprint density at radius 2 is 1.82 bits per heavy atom. The van der Waals surface area contributed by atoms with Crippen LogP contribution in [0.3, 0.4) is 0 Å². The summed E-state index contributed by atoms with van der Waals surface area (Å²) in [5, 5.41) is 7.01. The fourth-order valence-corrected chi connectivity index (χ4v) is 3.74. The molecule has 1 saturated heterocycles. The predicted molar refractivity (Wildman–Crippen MR) is 122 cm³/mol. The highest BCUT2D eigenvalue weighted by molar-refractivity contribution is 5.80. The van der Waals surface area contributed by atoms with Crippen LogP contribution in [0.2, 0.25) is 0 Å². The summed E-state index contributed by atoms with van der Waals surface area (Å²) >= 11 is 0. The first kappa shape index (κ1) is 22.5. The molecule has 1 atom stereocenters. The number of nitrogens with zero attached hydrogens (tertiary/aromatic N) is 3. The molecule has 2 N–H and O–H groups in total. The average Bonchev–Trinajstić information content (AvgIpc) is 3.23. The van der Waals surface area contributed by atoms with E-state index in [2.05, 4.69) is 70.7 Å². The molecule has 1 fully saturated rings. The van der Waals surface area contributed by atoms with E-state index in [4.69, 9.17) is 0 Å². The van der Waals surface area contributed by atoms with E-state index in [1.54, 1.807) is 0 Å². The van der Waals surface area contributed by atoms with E-state index in [1.807, 2.05) is 7.05 Å². The Kier molecular flexibility index (Phi) is 10.2. The maximum Gasteiger partial charge on any atom is 0.191 e. The minimum absolute atomic E-state index is 0.236. The number of nitrogens with one attached hydrogen (secondary N) is 2. The van der Waals surface area contributed by atoms with E-state index in [-0.39, 0.29) is 6.04 Å². The summed E-state index contributed by atoms with van der Waals surface area (Å²) in [5.41, 5.74) is 2.66. The summed E-state index contributed by atoms with van der Waals surface area (Å²) in [7, 11) is 6.14. The SMILES string of the molecule is CN=C(NCCCCCCCN(C)C)NC(C)c1cccc(N2CCCC2)c1. The van der Waals surface area contributed by atoms with Gasteiger partial charge in [-0.3, -0.25) is 4.99 Å². The summed E-state index contributed by atoms with van der Waals surface area (Å²) in [6, 6.07) is 9.17. The fourth-order valence-electron chi connectivity index (χ4n) is 3.74. The monoisotopic (exact) mass is 387 g/mol. The number of hydrogen-bond donors (Lipinski definition) is 2. The Bertz CT molecular complexity index is 578. The molecule has 1 unspecified atom stereocenters. The highest BCUT2D eigenvalue weighted by Gasteiger charge is 2.14. The molecule has 0 amide bonds. The van der Waals surface area contributed by atoms with Crippen molar-refractivity contribution in [1.29, 1.82) is 0 Å². The van der Waals surface area contributed by atoms with Crippen LogP contribution in [0.4, 0.5) is 5.69 Å². The Morgan fingerprint density at radius 1 is 1.11 bits per heavy atom. The van der Waals surface area contributed by atoms with Crippen LogP contribution >= 0.6 is 0 Å². The third-order valence-electron chi connectivity index (χ3n) is 5.49. The van der Waals surface area contributed by atoms with Crippen molar-refractivity contribution in [2.24, 2.45) is 4.99 Å². The highest BCUT2D eigenvalue weighted by Crippen LogP contribution is 2.23. The molecule has 28 heavy (non-hydrogen) atoms. The van der Waals surface area contributed by atoms with E-state index in [0.717, 1.165) is 12.5 Å². The maximum atomic E-state index is 4.40. The minimum atomic E-state index is 0.236. The zero-order valence-corrected chi connectivity index (χ0v) is 18.5. The van der Waals surface area contributed by atoms with Crippen molar-refractivity contribution < 1.29 is 0 Å². The third kappa shape index (κ3) is 8.09. The number of benzene rings is 1. The van der Waals surface area contributed by atoms with Crippen molar-refractivity contribution in [2.75, 3.05) is 52.2 Å². The van der Waals surface area contributed by atoms with Crippen LogP contribution in [0, 0.1) is 0 Å². The van der Waals surface area contributed by atoms with Gasteiger partial charge in [-0.25, -0.2) is 0 Å². The van der Waals surface area contributed by atoms with Crippen LogP contribution in [-0.4, -0.2) is 58.2 Å². The molecular weight excluding hydrogens is 346 g/mol. The van der Waals surface area contributed by atoms with Gasteiger partial charge in [0.25, 0.3) is 0 Å². The van der Waals surface area contributed by atoms with Gasteiger partial charge in [-0.15, -0.1) is 0 Å². The largest absolute Gasteiger partial charge is 0.372 e. The molecule has 1 aromatic carbocycles. The first-order chi connectivity index (χ1) is 13.6. The molecule has 1 aliphatic rings. The number of aliphatic imine (C=N–C) groups is 1. The normalized spacial score (nSPS) is 15.9. The second kappa shape index (κ2) is 12.7. The fraction of sp³-hybridized carbons (Fsp3) is 0.696.